The largest absolute Gasteiger partial charge is 0.423 e. The molecular weight excluding hydrogens is 274 g/mol. The van der Waals surface area contributed by atoms with E-state index in [1.807, 2.05) is 0 Å². The number of nitrogens with zero attached hydrogens (tertiary/aromatic N) is 3. The Morgan fingerprint density at radius 2 is 2.11 bits per heavy atom. The molecule has 3 rings (SSSR count). The Morgan fingerprint density at radius 1 is 1.26 bits per heavy atom. The summed E-state index contributed by atoms with van der Waals surface area (Å²) in [6, 6.07) is 5.09. The summed E-state index contributed by atoms with van der Waals surface area (Å²) in [7, 11) is 0. The highest BCUT2D eigenvalue weighted by atomic mass is 35.5. The minimum atomic E-state index is -0.815. The number of amides is 1. The lowest BCUT2D eigenvalue weighted by atomic mass is 10.3. The van der Waals surface area contributed by atoms with Crippen LogP contribution < -0.4 is 11.1 Å². The molecule has 19 heavy (non-hydrogen) atoms. The van der Waals surface area contributed by atoms with Crippen molar-refractivity contribution in [3.63, 3.8) is 0 Å². The van der Waals surface area contributed by atoms with Crippen LogP contribution in [0.3, 0.4) is 0 Å². The van der Waals surface area contributed by atoms with Crippen molar-refractivity contribution in [1.29, 1.82) is 0 Å². The van der Waals surface area contributed by atoms with Gasteiger partial charge in [-0.15, -0.1) is 5.10 Å². The minimum Gasteiger partial charge on any atom is -0.423 e. The van der Waals surface area contributed by atoms with Crippen molar-refractivity contribution >= 4 is 40.6 Å². The predicted molar refractivity (Wildman–Crippen MR) is 65.1 cm³/mol. The lowest BCUT2D eigenvalue weighted by molar-refractivity contribution is 0.0968. The van der Waals surface area contributed by atoms with Gasteiger partial charge in [0.25, 0.3) is 0 Å². The quantitative estimate of drug-likeness (QED) is 0.748. The molecule has 0 unspecified atom stereocenters. The Labute approximate surface area is 110 Å². The molecular formula is C10H6ClN5O3. The van der Waals surface area contributed by atoms with E-state index in [0.717, 1.165) is 0 Å². The zero-order valence-electron chi connectivity index (χ0n) is 9.25. The Morgan fingerprint density at radius 3 is 2.84 bits per heavy atom. The first-order chi connectivity index (χ1) is 9.11. The second-order valence-corrected chi connectivity index (χ2v) is 3.97. The van der Waals surface area contributed by atoms with Gasteiger partial charge in [0, 0.05) is 5.02 Å². The lowest BCUT2D eigenvalue weighted by Gasteiger charge is -1.91. The molecule has 2 heterocycles. The van der Waals surface area contributed by atoms with E-state index < -0.39 is 5.91 Å². The molecule has 0 aliphatic carbocycles. The van der Waals surface area contributed by atoms with Gasteiger partial charge in [-0.1, -0.05) is 16.7 Å². The second kappa shape index (κ2) is 4.25. The maximum absolute atomic E-state index is 10.8. The summed E-state index contributed by atoms with van der Waals surface area (Å²) in [5.74, 6) is -1.12. The van der Waals surface area contributed by atoms with Gasteiger partial charge in [-0.05, 0) is 18.2 Å². The topological polar surface area (TPSA) is 120 Å². The molecule has 0 saturated heterocycles. The van der Waals surface area contributed by atoms with E-state index in [-0.39, 0.29) is 17.9 Å². The summed E-state index contributed by atoms with van der Waals surface area (Å²) in [5, 5.41) is 10.2. The molecule has 0 aliphatic heterocycles. The number of oxazole rings is 1. The Kier molecular flexibility index (Phi) is 2.57. The molecule has 1 aromatic carbocycles. The number of hydrogen-bond donors (Lipinski definition) is 2. The molecule has 0 spiro atoms. The standard InChI is InChI=1S/C10H6ClN5O3/c11-4-1-2-6-5(3-4)13-9(18-6)14-10-16-15-8(19-10)7(12)17/h1-3H,(H2,12,17)(H,13,14,16). The third-order valence-corrected chi connectivity index (χ3v) is 2.43. The number of nitrogens with one attached hydrogen (secondary N) is 1. The van der Waals surface area contributed by atoms with E-state index in [1.165, 1.54) is 0 Å². The van der Waals surface area contributed by atoms with Crippen LogP contribution >= 0.6 is 11.6 Å². The SMILES string of the molecule is NC(=O)c1nnc(Nc2nc3cc(Cl)ccc3o2)o1. The molecule has 2 aromatic heterocycles. The van der Waals surface area contributed by atoms with Gasteiger partial charge in [0.1, 0.15) is 5.52 Å². The van der Waals surface area contributed by atoms with Gasteiger partial charge < -0.3 is 14.6 Å². The molecule has 3 aromatic rings. The van der Waals surface area contributed by atoms with Crippen molar-refractivity contribution in [3.05, 3.63) is 29.1 Å². The average Bonchev–Trinajstić information content (AvgIpc) is 2.95. The minimum absolute atomic E-state index is 0.0496. The Hall–Kier alpha value is -2.61. The lowest BCUT2D eigenvalue weighted by Crippen LogP contribution is -2.10. The predicted octanol–water partition coefficient (Wildman–Crippen LogP) is 1.71. The molecule has 0 fully saturated rings. The highest BCUT2D eigenvalue weighted by Gasteiger charge is 2.13. The summed E-state index contributed by atoms with van der Waals surface area (Å²) in [5.41, 5.74) is 6.10. The number of hydrogen-bond acceptors (Lipinski definition) is 7. The van der Waals surface area contributed by atoms with Crippen LogP contribution in [0.1, 0.15) is 10.7 Å². The molecule has 9 heteroatoms. The van der Waals surface area contributed by atoms with Gasteiger partial charge in [0.2, 0.25) is 0 Å². The monoisotopic (exact) mass is 279 g/mol. The first-order valence-electron chi connectivity index (χ1n) is 5.08. The van der Waals surface area contributed by atoms with Crippen LogP contribution in [-0.2, 0) is 0 Å². The van der Waals surface area contributed by atoms with E-state index in [1.54, 1.807) is 18.2 Å². The van der Waals surface area contributed by atoms with Crippen molar-refractivity contribution in [2.45, 2.75) is 0 Å². The van der Waals surface area contributed by atoms with Crippen molar-refractivity contribution in [3.8, 4) is 0 Å². The number of rotatable bonds is 3. The van der Waals surface area contributed by atoms with Gasteiger partial charge in [-0.2, -0.15) is 4.98 Å². The van der Waals surface area contributed by atoms with Crippen molar-refractivity contribution in [2.24, 2.45) is 5.73 Å². The molecule has 0 bridgehead atoms. The first kappa shape index (κ1) is 11.5. The van der Waals surface area contributed by atoms with Gasteiger partial charge in [0.05, 0.1) is 0 Å². The van der Waals surface area contributed by atoms with Crippen LogP contribution in [0.2, 0.25) is 5.02 Å². The fourth-order valence-corrected chi connectivity index (χ4v) is 1.59. The summed E-state index contributed by atoms with van der Waals surface area (Å²) in [6.07, 6.45) is 0. The van der Waals surface area contributed by atoms with Crippen LogP contribution in [0.15, 0.2) is 27.0 Å². The molecule has 0 aliphatic rings. The third kappa shape index (κ3) is 2.20. The molecule has 96 valence electrons. The fourth-order valence-electron chi connectivity index (χ4n) is 1.42. The maximum atomic E-state index is 10.8. The number of primary amides is 1. The average molecular weight is 280 g/mol. The highest BCUT2D eigenvalue weighted by molar-refractivity contribution is 6.31. The van der Waals surface area contributed by atoms with Crippen LogP contribution in [0.25, 0.3) is 11.1 Å². The second-order valence-electron chi connectivity index (χ2n) is 3.53. The molecule has 3 N–H and O–H groups in total. The third-order valence-electron chi connectivity index (χ3n) is 2.20. The number of anilines is 2. The zero-order valence-corrected chi connectivity index (χ0v) is 10.0. The number of carbonyl (C=O) groups is 1. The molecule has 0 atom stereocenters. The summed E-state index contributed by atoms with van der Waals surface area (Å²) >= 11 is 5.83. The number of benzene rings is 1. The summed E-state index contributed by atoms with van der Waals surface area (Å²) in [4.78, 5) is 14.9. The van der Waals surface area contributed by atoms with E-state index in [2.05, 4.69) is 20.5 Å². The van der Waals surface area contributed by atoms with Gasteiger partial charge in [-0.3, -0.25) is 10.1 Å². The van der Waals surface area contributed by atoms with Crippen molar-refractivity contribution in [1.82, 2.24) is 15.2 Å². The van der Waals surface area contributed by atoms with Crippen LogP contribution in [0.4, 0.5) is 12.0 Å². The summed E-state index contributed by atoms with van der Waals surface area (Å²) < 4.78 is 10.3. The maximum Gasteiger partial charge on any atom is 0.324 e. The van der Waals surface area contributed by atoms with Gasteiger partial charge >= 0.3 is 23.8 Å². The van der Waals surface area contributed by atoms with E-state index in [0.29, 0.717) is 16.1 Å². The van der Waals surface area contributed by atoms with Crippen molar-refractivity contribution < 1.29 is 13.6 Å². The number of fused-ring (bicyclic) bond motifs is 1. The van der Waals surface area contributed by atoms with Gasteiger partial charge in [-0.25, -0.2) is 0 Å². The molecule has 0 radical (unpaired) electrons. The Bertz CT molecular complexity index is 765. The summed E-state index contributed by atoms with van der Waals surface area (Å²) in [6.45, 7) is 0. The molecule has 0 saturated carbocycles. The normalized spacial score (nSPS) is 10.8. The van der Waals surface area contributed by atoms with Crippen LogP contribution in [-0.4, -0.2) is 21.1 Å². The van der Waals surface area contributed by atoms with Gasteiger partial charge in [0.15, 0.2) is 5.58 Å². The smallest absolute Gasteiger partial charge is 0.324 e. The molecule has 1 amide bonds. The number of aromatic nitrogens is 3. The zero-order chi connectivity index (χ0) is 13.4. The highest BCUT2D eigenvalue weighted by Crippen LogP contribution is 2.23. The van der Waals surface area contributed by atoms with E-state index >= 15 is 0 Å². The van der Waals surface area contributed by atoms with Crippen LogP contribution in [0.5, 0.6) is 0 Å². The van der Waals surface area contributed by atoms with Crippen LogP contribution in [0, 0.1) is 0 Å². The number of halogens is 1. The molecule has 8 nitrogen and oxygen atoms in total. The Balaban J connectivity index is 1.89. The fraction of sp³-hybridized carbons (Fsp3) is 0. The van der Waals surface area contributed by atoms with E-state index in [4.69, 9.17) is 26.2 Å². The first-order valence-corrected chi connectivity index (χ1v) is 5.46. The number of nitrogens with two attached hydrogens (primary N) is 1. The van der Waals surface area contributed by atoms with Crippen molar-refractivity contribution in [2.75, 3.05) is 5.32 Å². The van der Waals surface area contributed by atoms with E-state index in [9.17, 15) is 4.79 Å². The number of carbonyl (C=O) groups excluding carboxylic acids is 1.